The summed E-state index contributed by atoms with van der Waals surface area (Å²) in [6.07, 6.45) is 0. The van der Waals surface area contributed by atoms with Crippen LogP contribution in [0, 0.1) is 0 Å². The molecule has 0 spiro atoms. The van der Waals surface area contributed by atoms with Crippen LogP contribution in [0.15, 0.2) is 51.4 Å². The number of thiophene rings is 1. The van der Waals surface area contributed by atoms with Crippen molar-refractivity contribution < 1.29 is 0 Å². The molecule has 0 saturated heterocycles. The van der Waals surface area contributed by atoms with Crippen molar-refractivity contribution in [1.82, 2.24) is 0 Å². The minimum atomic E-state index is 0.985. The van der Waals surface area contributed by atoms with Crippen LogP contribution in [-0.4, -0.2) is 5.71 Å². The smallest absolute Gasteiger partial charge is 0.0747 e. The summed E-state index contributed by atoms with van der Waals surface area (Å²) in [6, 6.07) is 12.0. The lowest BCUT2D eigenvalue weighted by Crippen LogP contribution is -1.96. The van der Waals surface area contributed by atoms with E-state index < -0.39 is 0 Å². The Morgan fingerprint density at radius 1 is 1.25 bits per heavy atom. The molecule has 0 radical (unpaired) electrons. The first-order chi connectivity index (χ1) is 7.75. The van der Waals surface area contributed by atoms with Gasteiger partial charge in [0, 0.05) is 9.35 Å². The van der Waals surface area contributed by atoms with Crippen LogP contribution in [0.1, 0.15) is 11.8 Å². The summed E-state index contributed by atoms with van der Waals surface area (Å²) in [5.41, 5.74) is 5.02. The fourth-order valence-corrected chi connectivity index (χ4v) is 2.15. The molecule has 82 valence electrons. The number of halogens is 1. The highest BCUT2D eigenvalue weighted by Crippen LogP contribution is 2.15. The third-order valence-electron chi connectivity index (χ3n) is 2.07. The summed E-state index contributed by atoms with van der Waals surface area (Å²) in [6.45, 7) is 2.00. The summed E-state index contributed by atoms with van der Waals surface area (Å²) in [5.74, 6) is 0. The molecular weight excluding hydrogens is 284 g/mol. The quantitative estimate of drug-likeness (QED) is 0.661. The van der Waals surface area contributed by atoms with Gasteiger partial charge in [0.2, 0.25) is 0 Å². The zero-order chi connectivity index (χ0) is 11.4. The number of anilines is 1. The Morgan fingerprint density at radius 3 is 2.62 bits per heavy atom. The van der Waals surface area contributed by atoms with Gasteiger partial charge in [-0.15, -0.1) is 11.3 Å². The summed E-state index contributed by atoms with van der Waals surface area (Å²) >= 11 is 5.09. The number of nitrogens with zero attached hydrogens (tertiary/aromatic N) is 1. The topological polar surface area (TPSA) is 24.4 Å². The maximum absolute atomic E-state index is 4.33. The van der Waals surface area contributed by atoms with Crippen molar-refractivity contribution in [3.8, 4) is 0 Å². The van der Waals surface area contributed by atoms with Crippen LogP contribution >= 0.6 is 27.3 Å². The number of rotatable bonds is 3. The lowest BCUT2D eigenvalue weighted by molar-refractivity contribution is 1.32. The monoisotopic (exact) mass is 294 g/mol. The molecule has 0 aliphatic rings. The summed E-state index contributed by atoms with van der Waals surface area (Å²) < 4.78 is 1.07. The van der Waals surface area contributed by atoms with Crippen LogP contribution in [-0.2, 0) is 0 Å². The van der Waals surface area contributed by atoms with E-state index in [4.69, 9.17) is 0 Å². The third-order valence-corrected chi connectivity index (χ3v) is 3.58. The van der Waals surface area contributed by atoms with Crippen LogP contribution in [0.3, 0.4) is 0 Å². The van der Waals surface area contributed by atoms with Crippen molar-refractivity contribution in [3.63, 3.8) is 0 Å². The van der Waals surface area contributed by atoms with Gasteiger partial charge in [-0.25, -0.2) is 0 Å². The van der Waals surface area contributed by atoms with Gasteiger partial charge in [-0.1, -0.05) is 22.0 Å². The van der Waals surface area contributed by atoms with Crippen LogP contribution < -0.4 is 5.43 Å². The van der Waals surface area contributed by atoms with Crippen molar-refractivity contribution in [2.75, 3.05) is 5.43 Å². The average molecular weight is 295 g/mol. The van der Waals surface area contributed by atoms with E-state index >= 15 is 0 Å². The second-order valence-electron chi connectivity index (χ2n) is 3.29. The Balaban J connectivity index is 2.06. The number of benzene rings is 1. The summed E-state index contributed by atoms with van der Waals surface area (Å²) in [7, 11) is 0. The number of hydrogen-bond donors (Lipinski definition) is 1. The molecule has 0 bridgehead atoms. The van der Waals surface area contributed by atoms with Gasteiger partial charge < -0.3 is 0 Å². The minimum absolute atomic E-state index is 0.985. The Bertz CT molecular complexity index is 474. The Hall–Kier alpha value is -1.13. The van der Waals surface area contributed by atoms with E-state index in [-0.39, 0.29) is 0 Å². The lowest BCUT2D eigenvalue weighted by atomic mass is 10.3. The van der Waals surface area contributed by atoms with E-state index in [2.05, 4.69) is 32.5 Å². The molecule has 2 nitrogen and oxygen atoms in total. The molecule has 4 heteroatoms. The molecule has 0 aliphatic heterocycles. The zero-order valence-corrected chi connectivity index (χ0v) is 11.2. The van der Waals surface area contributed by atoms with Gasteiger partial charge in [0.25, 0.3) is 0 Å². The van der Waals surface area contributed by atoms with Crippen molar-refractivity contribution in [1.29, 1.82) is 0 Å². The standard InChI is InChI=1S/C12H11BrN2S/c1-9(12-3-2-8-16-12)14-15-11-6-4-10(13)5-7-11/h2-8,15H,1H3/b14-9+. The van der Waals surface area contributed by atoms with Gasteiger partial charge in [-0.3, -0.25) is 5.43 Å². The Morgan fingerprint density at radius 2 is 2.00 bits per heavy atom. The SMILES string of the molecule is C/C(=N\Nc1ccc(Br)cc1)c1cccs1. The highest BCUT2D eigenvalue weighted by atomic mass is 79.9. The molecule has 1 N–H and O–H groups in total. The van der Waals surface area contributed by atoms with E-state index in [1.807, 2.05) is 42.6 Å². The first kappa shape index (κ1) is 11.4. The maximum Gasteiger partial charge on any atom is 0.0747 e. The predicted octanol–water partition coefficient (Wildman–Crippen LogP) is 4.35. The van der Waals surface area contributed by atoms with Crippen molar-refractivity contribution >= 4 is 38.7 Å². The molecule has 1 aromatic heterocycles. The first-order valence-corrected chi connectivity index (χ1v) is 6.53. The van der Waals surface area contributed by atoms with Crippen LogP contribution in [0.25, 0.3) is 0 Å². The molecule has 2 aromatic rings. The molecule has 0 aliphatic carbocycles. The molecule has 2 rings (SSSR count). The minimum Gasteiger partial charge on any atom is -0.278 e. The van der Waals surface area contributed by atoms with Crippen molar-refractivity contribution in [2.45, 2.75) is 6.92 Å². The van der Waals surface area contributed by atoms with Crippen LogP contribution in [0.2, 0.25) is 0 Å². The van der Waals surface area contributed by atoms with E-state index in [0.29, 0.717) is 0 Å². The van der Waals surface area contributed by atoms with Gasteiger partial charge in [0.15, 0.2) is 0 Å². The highest BCUT2D eigenvalue weighted by molar-refractivity contribution is 9.10. The first-order valence-electron chi connectivity index (χ1n) is 4.85. The number of nitrogens with one attached hydrogen (secondary N) is 1. The van der Waals surface area contributed by atoms with E-state index in [9.17, 15) is 0 Å². The fraction of sp³-hybridized carbons (Fsp3) is 0.0833. The predicted molar refractivity (Wildman–Crippen MR) is 74.3 cm³/mol. The maximum atomic E-state index is 4.33. The molecule has 16 heavy (non-hydrogen) atoms. The highest BCUT2D eigenvalue weighted by Gasteiger charge is 1.97. The van der Waals surface area contributed by atoms with Gasteiger partial charge >= 0.3 is 0 Å². The van der Waals surface area contributed by atoms with Crippen molar-refractivity contribution in [2.24, 2.45) is 5.10 Å². The molecule has 0 unspecified atom stereocenters. The van der Waals surface area contributed by atoms with Gasteiger partial charge in [0.1, 0.15) is 0 Å². The van der Waals surface area contributed by atoms with Crippen LogP contribution in [0.4, 0.5) is 5.69 Å². The van der Waals surface area contributed by atoms with Crippen LogP contribution in [0.5, 0.6) is 0 Å². The molecular formula is C12H11BrN2S. The van der Waals surface area contributed by atoms with E-state index in [1.165, 1.54) is 4.88 Å². The Labute approximate surface area is 107 Å². The second-order valence-corrected chi connectivity index (χ2v) is 5.16. The molecule has 0 atom stereocenters. The number of hydrazone groups is 1. The van der Waals surface area contributed by atoms with Gasteiger partial charge in [-0.2, -0.15) is 5.10 Å². The Kier molecular flexibility index (Phi) is 3.74. The lowest BCUT2D eigenvalue weighted by Gasteiger charge is -2.01. The third kappa shape index (κ3) is 2.93. The fourth-order valence-electron chi connectivity index (χ4n) is 1.21. The molecule has 0 saturated carbocycles. The van der Waals surface area contributed by atoms with E-state index in [0.717, 1.165) is 15.9 Å². The van der Waals surface area contributed by atoms with Gasteiger partial charge in [0.05, 0.1) is 11.4 Å². The van der Waals surface area contributed by atoms with Crippen molar-refractivity contribution in [3.05, 3.63) is 51.1 Å². The average Bonchev–Trinajstić information content (AvgIpc) is 2.81. The summed E-state index contributed by atoms with van der Waals surface area (Å²) in [4.78, 5) is 1.18. The van der Waals surface area contributed by atoms with E-state index in [1.54, 1.807) is 11.3 Å². The molecule has 0 fully saturated rings. The second kappa shape index (κ2) is 5.27. The normalized spacial score (nSPS) is 11.5. The molecule has 0 amide bonds. The molecule has 1 heterocycles. The zero-order valence-electron chi connectivity index (χ0n) is 8.77. The van der Waals surface area contributed by atoms with Gasteiger partial charge in [-0.05, 0) is 42.6 Å². The largest absolute Gasteiger partial charge is 0.278 e. The summed E-state index contributed by atoms with van der Waals surface area (Å²) in [5, 5.41) is 6.38. The molecule has 1 aromatic carbocycles. The number of hydrogen-bond acceptors (Lipinski definition) is 3.